The Labute approximate surface area is 166 Å². The molecule has 1 N–H and O–H groups in total. The average molecular weight is 420 g/mol. The van der Waals surface area contributed by atoms with Crippen LogP contribution in [-0.4, -0.2) is 23.4 Å². The topological polar surface area (TPSA) is 98.5 Å². The van der Waals surface area contributed by atoms with E-state index in [9.17, 15) is 24.1 Å². The second kappa shape index (κ2) is 8.28. The molecule has 2 aromatic heterocycles. The Morgan fingerprint density at radius 1 is 1.21 bits per heavy atom. The molecule has 3 aromatic rings. The second-order valence-corrected chi connectivity index (χ2v) is 7.37. The van der Waals surface area contributed by atoms with Gasteiger partial charge < -0.3 is 10.1 Å². The van der Waals surface area contributed by atoms with E-state index < -0.39 is 22.6 Å². The first-order valence-corrected chi connectivity index (χ1v) is 9.70. The summed E-state index contributed by atoms with van der Waals surface area (Å²) >= 11 is 1.84. The monoisotopic (exact) mass is 420 g/mol. The Bertz CT molecular complexity index is 1040. The maximum atomic E-state index is 13.2. The van der Waals surface area contributed by atoms with E-state index in [1.807, 2.05) is 0 Å². The summed E-state index contributed by atoms with van der Waals surface area (Å²) in [6.45, 7) is 1.80. The van der Waals surface area contributed by atoms with Crippen molar-refractivity contribution in [3.8, 4) is 11.1 Å². The van der Waals surface area contributed by atoms with Gasteiger partial charge in [-0.05, 0) is 30.7 Å². The second-order valence-electron chi connectivity index (χ2n) is 5.43. The van der Waals surface area contributed by atoms with E-state index in [0.717, 1.165) is 22.7 Å². The molecule has 0 atom stereocenters. The molecule has 0 aliphatic rings. The van der Waals surface area contributed by atoms with Crippen LogP contribution in [-0.2, 0) is 4.74 Å². The number of nitro groups is 1. The Kier molecular flexibility index (Phi) is 5.81. The molecule has 0 unspecified atom stereocenters. The number of nitrogens with one attached hydrogen (secondary N) is 1. The first kappa shape index (κ1) is 19.6. The smallest absolute Gasteiger partial charge is 0.341 e. The minimum Gasteiger partial charge on any atom is -0.462 e. The number of benzene rings is 1. The van der Waals surface area contributed by atoms with E-state index in [4.69, 9.17) is 4.74 Å². The zero-order chi connectivity index (χ0) is 20.3. The quantitative estimate of drug-likeness (QED) is 0.345. The fraction of sp³-hybridized carbons (Fsp3) is 0.111. The molecule has 0 aliphatic carbocycles. The van der Waals surface area contributed by atoms with E-state index >= 15 is 0 Å². The van der Waals surface area contributed by atoms with E-state index in [1.165, 1.54) is 36.4 Å². The lowest BCUT2D eigenvalue weighted by atomic mass is 10.0. The summed E-state index contributed by atoms with van der Waals surface area (Å²) in [5, 5.41) is 15.2. The Morgan fingerprint density at radius 2 is 1.93 bits per heavy atom. The van der Waals surface area contributed by atoms with Gasteiger partial charge in [0.15, 0.2) is 0 Å². The number of hydrogen-bond donors (Lipinski definition) is 1. The third-order valence-electron chi connectivity index (χ3n) is 3.65. The van der Waals surface area contributed by atoms with Gasteiger partial charge in [0, 0.05) is 17.0 Å². The maximum absolute atomic E-state index is 13.2. The van der Waals surface area contributed by atoms with Gasteiger partial charge in [-0.25, -0.2) is 9.18 Å². The number of carbonyl (C=O) groups is 2. The van der Waals surface area contributed by atoms with E-state index in [-0.39, 0.29) is 27.0 Å². The van der Waals surface area contributed by atoms with Gasteiger partial charge in [-0.3, -0.25) is 14.9 Å². The highest BCUT2D eigenvalue weighted by Gasteiger charge is 2.24. The zero-order valence-corrected chi connectivity index (χ0v) is 16.1. The van der Waals surface area contributed by atoms with Crippen molar-refractivity contribution in [3.05, 3.63) is 68.2 Å². The summed E-state index contributed by atoms with van der Waals surface area (Å²) < 4.78 is 18.3. The highest BCUT2D eigenvalue weighted by atomic mass is 32.1. The fourth-order valence-electron chi connectivity index (χ4n) is 2.41. The number of ether oxygens (including phenoxy) is 1. The van der Waals surface area contributed by atoms with Gasteiger partial charge in [-0.2, -0.15) is 0 Å². The van der Waals surface area contributed by atoms with Gasteiger partial charge in [0.05, 0.1) is 16.4 Å². The molecule has 0 saturated heterocycles. The molecule has 7 nitrogen and oxygen atoms in total. The van der Waals surface area contributed by atoms with Crippen LogP contribution in [0.3, 0.4) is 0 Å². The third kappa shape index (κ3) is 4.07. The number of rotatable bonds is 6. The lowest BCUT2D eigenvalue weighted by Crippen LogP contribution is -2.13. The summed E-state index contributed by atoms with van der Waals surface area (Å²) in [6.07, 6.45) is 0. The van der Waals surface area contributed by atoms with Crippen LogP contribution in [0.15, 0.2) is 41.8 Å². The number of thiophene rings is 2. The maximum Gasteiger partial charge on any atom is 0.341 e. The van der Waals surface area contributed by atoms with Gasteiger partial charge in [0.25, 0.3) is 5.91 Å². The molecule has 3 rings (SSSR count). The van der Waals surface area contributed by atoms with Crippen molar-refractivity contribution in [2.45, 2.75) is 6.92 Å². The van der Waals surface area contributed by atoms with Crippen molar-refractivity contribution < 1.29 is 23.6 Å². The Balaban J connectivity index is 1.95. The van der Waals surface area contributed by atoms with Crippen molar-refractivity contribution in [1.29, 1.82) is 0 Å². The first-order chi connectivity index (χ1) is 13.4. The van der Waals surface area contributed by atoms with Crippen molar-refractivity contribution in [3.63, 3.8) is 0 Å². The van der Waals surface area contributed by atoms with Crippen molar-refractivity contribution in [1.82, 2.24) is 0 Å². The molecule has 28 heavy (non-hydrogen) atoms. The molecule has 0 bridgehead atoms. The van der Waals surface area contributed by atoms with Crippen LogP contribution in [0.25, 0.3) is 11.1 Å². The first-order valence-electron chi connectivity index (χ1n) is 8.00. The lowest BCUT2D eigenvalue weighted by Gasteiger charge is -2.08. The lowest BCUT2D eigenvalue weighted by molar-refractivity contribution is -0.380. The van der Waals surface area contributed by atoms with Crippen LogP contribution in [0.2, 0.25) is 0 Å². The number of nitrogens with zero attached hydrogens (tertiary/aromatic N) is 1. The molecule has 2 heterocycles. The van der Waals surface area contributed by atoms with Crippen LogP contribution < -0.4 is 5.32 Å². The van der Waals surface area contributed by atoms with Crippen molar-refractivity contribution in [2.24, 2.45) is 0 Å². The SMILES string of the molecule is CCOC(=O)c1c(-c2ccc(F)cc2)csc1NC(=O)c1ccc([N+](=O)[O-])s1. The third-order valence-corrected chi connectivity index (χ3v) is 5.58. The van der Waals surface area contributed by atoms with Gasteiger partial charge in [0.2, 0.25) is 0 Å². The molecule has 0 fully saturated rings. The molecule has 10 heteroatoms. The zero-order valence-electron chi connectivity index (χ0n) is 14.4. The van der Waals surface area contributed by atoms with E-state index in [0.29, 0.717) is 11.1 Å². The fourth-order valence-corrected chi connectivity index (χ4v) is 4.08. The van der Waals surface area contributed by atoms with Crippen molar-refractivity contribution in [2.75, 3.05) is 11.9 Å². The molecular weight excluding hydrogens is 407 g/mol. The molecule has 0 radical (unpaired) electrons. The summed E-state index contributed by atoms with van der Waals surface area (Å²) in [7, 11) is 0. The van der Waals surface area contributed by atoms with Crippen LogP contribution >= 0.6 is 22.7 Å². The van der Waals surface area contributed by atoms with E-state index in [1.54, 1.807) is 12.3 Å². The van der Waals surface area contributed by atoms with Gasteiger partial charge in [0.1, 0.15) is 16.4 Å². The highest BCUT2D eigenvalue weighted by molar-refractivity contribution is 7.17. The standard InChI is InChI=1S/C18H13FN2O5S2/c1-2-26-18(23)15-12(10-3-5-11(19)6-4-10)9-27-17(15)20-16(22)13-7-8-14(28-13)21(24)25/h3-9H,2H2,1H3,(H,20,22). The predicted molar refractivity (Wildman–Crippen MR) is 105 cm³/mol. The largest absolute Gasteiger partial charge is 0.462 e. The predicted octanol–water partition coefficient (Wildman–Crippen LogP) is 4.95. The van der Waals surface area contributed by atoms with E-state index in [2.05, 4.69) is 5.32 Å². The van der Waals surface area contributed by atoms with Gasteiger partial charge in [-0.1, -0.05) is 23.5 Å². The molecule has 1 amide bonds. The van der Waals surface area contributed by atoms with Crippen LogP contribution in [0.4, 0.5) is 14.4 Å². The molecular formula is C18H13FN2O5S2. The minimum atomic E-state index is -0.629. The van der Waals surface area contributed by atoms with Crippen LogP contribution in [0.1, 0.15) is 27.0 Å². The molecule has 0 spiro atoms. The summed E-state index contributed by atoms with van der Waals surface area (Å²) in [5.41, 5.74) is 1.24. The number of anilines is 1. The minimum absolute atomic E-state index is 0.137. The summed E-state index contributed by atoms with van der Waals surface area (Å²) in [4.78, 5) is 35.3. The average Bonchev–Trinajstić information content (AvgIpc) is 3.30. The molecule has 144 valence electrons. The Morgan fingerprint density at radius 3 is 2.54 bits per heavy atom. The van der Waals surface area contributed by atoms with Crippen LogP contribution in [0.5, 0.6) is 0 Å². The number of hydrogen-bond acceptors (Lipinski definition) is 7. The van der Waals surface area contributed by atoms with Crippen LogP contribution in [0, 0.1) is 15.9 Å². The molecule has 0 saturated carbocycles. The number of halogens is 1. The summed E-state index contributed by atoms with van der Waals surface area (Å²) in [6, 6.07) is 8.17. The number of amides is 1. The van der Waals surface area contributed by atoms with Gasteiger partial charge >= 0.3 is 11.0 Å². The Hall–Kier alpha value is -3.11. The van der Waals surface area contributed by atoms with Crippen molar-refractivity contribution >= 4 is 44.6 Å². The number of esters is 1. The van der Waals surface area contributed by atoms with Gasteiger partial charge in [-0.15, -0.1) is 11.3 Å². The summed E-state index contributed by atoms with van der Waals surface area (Å²) in [5.74, 6) is -1.61. The number of carbonyl (C=O) groups excluding carboxylic acids is 2. The normalized spacial score (nSPS) is 10.5. The molecule has 0 aliphatic heterocycles. The highest BCUT2D eigenvalue weighted by Crippen LogP contribution is 2.37. The molecule has 1 aromatic carbocycles.